The second-order valence-corrected chi connectivity index (χ2v) is 6.80. The van der Waals surface area contributed by atoms with Crippen molar-refractivity contribution in [1.29, 1.82) is 0 Å². The molecular formula is C11H12BrN3O2S2. The summed E-state index contributed by atoms with van der Waals surface area (Å²) in [6.07, 6.45) is 0. The third-order valence-electron chi connectivity index (χ3n) is 2.39. The summed E-state index contributed by atoms with van der Waals surface area (Å²) >= 11 is 6.01. The molecule has 0 aromatic carbocycles. The van der Waals surface area contributed by atoms with Gasteiger partial charge in [-0.1, -0.05) is 11.8 Å². The minimum Gasteiger partial charge on any atom is -0.292 e. The summed E-state index contributed by atoms with van der Waals surface area (Å²) in [4.78, 5) is 24.3. The summed E-state index contributed by atoms with van der Waals surface area (Å²) in [6, 6.07) is 1.86. The molecule has 0 unspecified atom stereocenters. The Morgan fingerprint density at radius 1 is 1.63 bits per heavy atom. The number of aromatic amines is 1. The van der Waals surface area contributed by atoms with Crippen LogP contribution in [-0.2, 0) is 0 Å². The molecule has 0 spiro atoms. The third-order valence-corrected chi connectivity index (χ3v) is 5.22. The van der Waals surface area contributed by atoms with E-state index in [-0.39, 0.29) is 23.3 Å². The number of thiophene rings is 1. The Morgan fingerprint density at radius 2 is 2.37 bits per heavy atom. The van der Waals surface area contributed by atoms with Crippen molar-refractivity contribution in [2.75, 3.05) is 5.75 Å². The number of aromatic nitrogens is 3. The molecule has 2 rings (SSSR count). The first-order valence-electron chi connectivity index (χ1n) is 5.56. The fourth-order valence-corrected chi connectivity index (χ4v) is 4.11. The standard InChI is InChI=1S/C11H12BrN3O2S2/c1-6(2)15-10(17)13-14-11(15)19-5-8(16)9-7(12)3-4-18-9/h3-4,6H,5H2,1-2H3,(H,13,17). The van der Waals surface area contributed by atoms with E-state index in [2.05, 4.69) is 26.1 Å². The molecule has 0 bridgehead atoms. The molecule has 2 heterocycles. The lowest BCUT2D eigenvalue weighted by atomic mass is 10.3. The Bertz CT molecular complexity index is 644. The number of carbonyl (C=O) groups excluding carboxylic acids is 1. The molecule has 8 heteroatoms. The average Bonchev–Trinajstić information content (AvgIpc) is 2.92. The first-order chi connectivity index (χ1) is 9.00. The summed E-state index contributed by atoms with van der Waals surface area (Å²) in [7, 11) is 0. The normalized spacial score (nSPS) is 11.2. The molecule has 0 saturated carbocycles. The number of thioether (sulfide) groups is 1. The number of carbonyl (C=O) groups is 1. The van der Waals surface area contributed by atoms with Crippen molar-refractivity contribution >= 4 is 44.8 Å². The number of nitrogens with zero attached hydrogens (tertiary/aromatic N) is 2. The van der Waals surface area contributed by atoms with E-state index in [0.29, 0.717) is 10.0 Å². The van der Waals surface area contributed by atoms with E-state index in [4.69, 9.17) is 0 Å². The Kier molecular flexibility index (Phi) is 4.64. The first-order valence-corrected chi connectivity index (χ1v) is 8.22. The average molecular weight is 362 g/mol. The van der Waals surface area contributed by atoms with Crippen molar-refractivity contribution < 1.29 is 4.79 Å². The lowest BCUT2D eigenvalue weighted by Gasteiger charge is -2.07. The number of H-pyrrole nitrogens is 1. The van der Waals surface area contributed by atoms with Crippen LogP contribution in [0.15, 0.2) is 25.9 Å². The maximum atomic E-state index is 12.0. The van der Waals surface area contributed by atoms with Gasteiger partial charge in [0, 0.05) is 10.5 Å². The second kappa shape index (κ2) is 6.06. The smallest absolute Gasteiger partial charge is 0.292 e. The number of nitrogens with one attached hydrogen (secondary N) is 1. The van der Waals surface area contributed by atoms with E-state index in [9.17, 15) is 9.59 Å². The van der Waals surface area contributed by atoms with Gasteiger partial charge in [-0.05, 0) is 41.2 Å². The summed E-state index contributed by atoms with van der Waals surface area (Å²) < 4.78 is 2.35. The molecule has 0 aliphatic carbocycles. The summed E-state index contributed by atoms with van der Waals surface area (Å²) in [5, 5.41) is 8.75. The van der Waals surface area contributed by atoms with Crippen LogP contribution in [-0.4, -0.2) is 26.3 Å². The van der Waals surface area contributed by atoms with E-state index in [1.807, 2.05) is 25.3 Å². The van der Waals surface area contributed by atoms with Gasteiger partial charge in [0.15, 0.2) is 10.9 Å². The molecule has 0 radical (unpaired) electrons. The van der Waals surface area contributed by atoms with Crippen molar-refractivity contribution in [2.45, 2.75) is 25.0 Å². The summed E-state index contributed by atoms with van der Waals surface area (Å²) in [5.74, 6) is 0.286. The number of Topliss-reactive ketones (excluding diaryl/α,β-unsaturated/α-hetero) is 1. The van der Waals surface area contributed by atoms with E-state index in [1.165, 1.54) is 23.1 Å². The number of halogens is 1. The highest BCUT2D eigenvalue weighted by Crippen LogP contribution is 2.26. The van der Waals surface area contributed by atoms with Gasteiger partial charge < -0.3 is 0 Å². The minimum atomic E-state index is -0.248. The highest BCUT2D eigenvalue weighted by atomic mass is 79.9. The van der Waals surface area contributed by atoms with Gasteiger partial charge in [0.05, 0.1) is 10.6 Å². The lowest BCUT2D eigenvalue weighted by Crippen LogP contribution is -2.19. The van der Waals surface area contributed by atoms with Crippen molar-refractivity contribution in [1.82, 2.24) is 14.8 Å². The van der Waals surface area contributed by atoms with Crippen LogP contribution in [0, 0.1) is 0 Å². The van der Waals surface area contributed by atoms with Gasteiger partial charge in [0.1, 0.15) is 0 Å². The van der Waals surface area contributed by atoms with Crippen LogP contribution in [0.3, 0.4) is 0 Å². The summed E-state index contributed by atoms with van der Waals surface area (Å²) in [6.45, 7) is 3.80. The number of ketones is 1. The highest BCUT2D eigenvalue weighted by Gasteiger charge is 2.16. The molecule has 19 heavy (non-hydrogen) atoms. The van der Waals surface area contributed by atoms with Crippen LogP contribution in [0.4, 0.5) is 0 Å². The predicted molar refractivity (Wildman–Crippen MR) is 80.3 cm³/mol. The largest absolute Gasteiger partial charge is 0.344 e. The first kappa shape index (κ1) is 14.5. The molecule has 5 nitrogen and oxygen atoms in total. The van der Waals surface area contributed by atoms with Crippen molar-refractivity contribution in [2.24, 2.45) is 0 Å². The molecule has 102 valence electrons. The van der Waals surface area contributed by atoms with E-state index in [1.54, 1.807) is 4.57 Å². The van der Waals surface area contributed by atoms with Gasteiger partial charge in [-0.2, -0.15) is 0 Å². The van der Waals surface area contributed by atoms with E-state index in [0.717, 1.165) is 4.47 Å². The molecular weight excluding hydrogens is 350 g/mol. The van der Waals surface area contributed by atoms with Crippen molar-refractivity contribution in [3.63, 3.8) is 0 Å². The van der Waals surface area contributed by atoms with Crippen LogP contribution in [0.25, 0.3) is 0 Å². The fourth-order valence-electron chi connectivity index (χ4n) is 1.54. The minimum absolute atomic E-state index is 0.0114. The maximum absolute atomic E-state index is 12.0. The van der Waals surface area contributed by atoms with Gasteiger partial charge in [0.2, 0.25) is 0 Å². The lowest BCUT2D eigenvalue weighted by molar-refractivity contribution is 0.102. The molecule has 2 aromatic heterocycles. The SMILES string of the molecule is CC(C)n1c(SCC(=O)c2sccc2Br)n[nH]c1=O. The quantitative estimate of drug-likeness (QED) is 0.656. The number of hydrogen-bond donors (Lipinski definition) is 1. The third kappa shape index (κ3) is 3.18. The van der Waals surface area contributed by atoms with Crippen LogP contribution < -0.4 is 5.69 Å². The molecule has 1 N–H and O–H groups in total. The van der Waals surface area contributed by atoms with Crippen LogP contribution >= 0.6 is 39.0 Å². The molecule has 0 aliphatic heterocycles. The van der Waals surface area contributed by atoms with Crippen molar-refractivity contribution in [3.8, 4) is 0 Å². The Labute approximate surface area is 126 Å². The van der Waals surface area contributed by atoms with Gasteiger partial charge >= 0.3 is 5.69 Å². The zero-order chi connectivity index (χ0) is 14.0. The highest BCUT2D eigenvalue weighted by molar-refractivity contribution is 9.10. The molecule has 0 atom stereocenters. The van der Waals surface area contributed by atoms with Crippen LogP contribution in [0.2, 0.25) is 0 Å². The van der Waals surface area contributed by atoms with Gasteiger partial charge in [-0.3, -0.25) is 9.36 Å². The summed E-state index contributed by atoms with van der Waals surface area (Å²) in [5.41, 5.74) is -0.248. The fraction of sp³-hybridized carbons (Fsp3) is 0.364. The molecule has 2 aromatic rings. The number of hydrogen-bond acceptors (Lipinski definition) is 5. The van der Waals surface area contributed by atoms with Crippen LogP contribution in [0.5, 0.6) is 0 Å². The molecule has 0 saturated heterocycles. The predicted octanol–water partition coefficient (Wildman–Crippen LogP) is 2.95. The van der Waals surface area contributed by atoms with Gasteiger partial charge in [0.25, 0.3) is 0 Å². The van der Waals surface area contributed by atoms with Crippen LogP contribution in [0.1, 0.15) is 29.6 Å². The molecule has 0 fully saturated rings. The van der Waals surface area contributed by atoms with E-state index < -0.39 is 0 Å². The Hall–Kier alpha value is -0.860. The Balaban J connectivity index is 2.10. The zero-order valence-corrected chi connectivity index (χ0v) is 13.6. The van der Waals surface area contributed by atoms with Gasteiger partial charge in [-0.15, -0.1) is 16.4 Å². The maximum Gasteiger partial charge on any atom is 0.344 e. The topological polar surface area (TPSA) is 67.8 Å². The number of rotatable bonds is 5. The van der Waals surface area contributed by atoms with E-state index >= 15 is 0 Å². The monoisotopic (exact) mass is 361 g/mol. The molecule has 0 aliphatic rings. The zero-order valence-electron chi connectivity index (χ0n) is 10.3. The molecule has 0 amide bonds. The Morgan fingerprint density at radius 3 is 2.95 bits per heavy atom. The van der Waals surface area contributed by atoms with Gasteiger partial charge in [-0.25, -0.2) is 9.89 Å². The second-order valence-electron chi connectivity index (χ2n) is 4.08. The van der Waals surface area contributed by atoms with Crippen molar-refractivity contribution in [3.05, 3.63) is 31.3 Å².